The van der Waals surface area contributed by atoms with Gasteiger partial charge in [-0.05, 0) is 24.8 Å². The standard InChI is InChI=1S/C14H21NOS/c1-4-6-7-8-14-13(5-2)15(3)12(11-17)9-10-16-14/h5-8,11,17H,4,9-10H2,1-3H3/b7-6+,12-11+,13-5+,14-8+. The van der Waals surface area contributed by atoms with E-state index in [1.807, 2.05) is 31.5 Å². The molecule has 0 spiro atoms. The Kier molecular flexibility index (Phi) is 5.98. The molecule has 1 saturated heterocycles. The summed E-state index contributed by atoms with van der Waals surface area (Å²) in [6.45, 7) is 4.83. The highest BCUT2D eigenvalue weighted by Crippen LogP contribution is 2.26. The Morgan fingerprint density at radius 1 is 1.47 bits per heavy atom. The summed E-state index contributed by atoms with van der Waals surface area (Å²) >= 11 is 4.25. The van der Waals surface area contributed by atoms with Crippen molar-refractivity contribution in [3.8, 4) is 0 Å². The molecule has 1 rings (SSSR count). The molecule has 0 aromatic rings. The van der Waals surface area contributed by atoms with Crippen molar-refractivity contribution in [3.63, 3.8) is 0 Å². The van der Waals surface area contributed by atoms with Crippen molar-refractivity contribution in [2.75, 3.05) is 13.7 Å². The number of nitrogens with zero attached hydrogens (tertiary/aromatic N) is 1. The summed E-state index contributed by atoms with van der Waals surface area (Å²) in [5.41, 5.74) is 2.26. The van der Waals surface area contributed by atoms with Gasteiger partial charge in [0.05, 0.1) is 12.3 Å². The minimum Gasteiger partial charge on any atom is -0.491 e. The maximum atomic E-state index is 5.78. The zero-order valence-electron chi connectivity index (χ0n) is 10.8. The number of thiol groups is 1. The van der Waals surface area contributed by atoms with Crippen LogP contribution >= 0.6 is 12.6 Å². The van der Waals surface area contributed by atoms with E-state index in [2.05, 4.69) is 36.6 Å². The summed E-state index contributed by atoms with van der Waals surface area (Å²) in [7, 11) is 2.05. The van der Waals surface area contributed by atoms with Crippen molar-refractivity contribution < 1.29 is 4.74 Å². The van der Waals surface area contributed by atoms with E-state index in [4.69, 9.17) is 4.74 Å². The van der Waals surface area contributed by atoms with E-state index in [1.165, 1.54) is 5.70 Å². The highest BCUT2D eigenvalue weighted by molar-refractivity contribution is 7.83. The lowest BCUT2D eigenvalue weighted by Gasteiger charge is -2.21. The zero-order valence-corrected chi connectivity index (χ0v) is 11.7. The molecule has 0 unspecified atom stereocenters. The Bertz CT molecular complexity index is 366. The lowest BCUT2D eigenvalue weighted by atomic mass is 10.2. The first-order valence-electron chi connectivity index (χ1n) is 5.97. The van der Waals surface area contributed by atoms with Crippen LogP contribution in [0.1, 0.15) is 26.7 Å². The monoisotopic (exact) mass is 251 g/mol. The molecule has 0 amide bonds. The Hall–Kier alpha value is -1.09. The smallest absolute Gasteiger partial charge is 0.142 e. The van der Waals surface area contributed by atoms with Gasteiger partial charge in [-0.3, -0.25) is 0 Å². The number of hydrogen-bond donors (Lipinski definition) is 1. The number of hydrogen-bond acceptors (Lipinski definition) is 3. The second-order valence-corrected chi connectivity index (χ2v) is 4.08. The van der Waals surface area contributed by atoms with Gasteiger partial charge in [0.1, 0.15) is 5.76 Å². The quantitative estimate of drug-likeness (QED) is 0.748. The van der Waals surface area contributed by atoms with Crippen LogP contribution in [0.5, 0.6) is 0 Å². The van der Waals surface area contributed by atoms with Gasteiger partial charge in [-0.25, -0.2) is 0 Å². The minimum absolute atomic E-state index is 0.694. The van der Waals surface area contributed by atoms with Crippen molar-refractivity contribution in [1.82, 2.24) is 4.90 Å². The molecule has 0 aromatic carbocycles. The van der Waals surface area contributed by atoms with Crippen molar-refractivity contribution >= 4 is 12.6 Å². The normalized spacial score (nSPS) is 24.7. The molecule has 3 heteroatoms. The van der Waals surface area contributed by atoms with Gasteiger partial charge in [0.2, 0.25) is 0 Å². The van der Waals surface area contributed by atoms with Gasteiger partial charge in [0.25, 0.3) is 0 Å². The number of ether oxygens (including phenoxy) is 1. The van der Waals surface area contributed by atoms with Gasteiger partial charge in [-0.15, -0.1) is 12.6 Å². The molecule has 1 heterocycles. The highest BCUT2D eigenvalue weighted by atomic mass is 32.1. The largest absolute Gasteiger partial charge is 0.491 e. The second kappa shape index (κ2) is 7.28. The lowest BCUT2D eigenvalue weighted by Crippen LogP contribution is -2.16. The number of allylic oxidation sites excluding steroid dienone is 4. The summed E-state index contributed by atoms with van der Waals surface area (Å²) in [5.74, 6) is 0.921. The lowest BCUT2D eigenvalue weighted by molar-refractivity contribution is 0.229. The Morgan fingerprint density at radius 2 is 2.24 bits per heavy atom. The van der Waals surface area contributed by atoms with E-state index in [9.17, 15) is 0 Å². The summed E-state index contributed by atoms with van der Waals surface area (Å²) in [6.07, 6.45) is 10.2. The van der Waals surface area contributed by atoms with Gasteiger partial charge < -0.3 is 9.64 Å². The van der Waals surface area contributed by atoms with Crippen molar-refractivity contribution in [2.24, 2.45) is 0 Å². The fourth-order valence-electron chi connectivity index (χ4n) is 1.74. The molecule has 0 saturated carbocycles. The van der Waals surface area contributed by atoms with Crippen LogP contribution in [0.3, 0.4) is 0 Å². The van der Waals surface area contributed by atoms with Crippen LogP contribution in [0.4, 0.5) is 0 Å². The van der Waals surface area contributed by atoms with Crippen molar-refractivity contribution in [1.29, 1.82) is 0 Å². The zero-order chi connectivity index (χ0) is 12.7. The van der Waals surface area contributed by atoms with E-state index < -0.39 is 0 Å². The first kappa shape index (κ1) is 14.0. The van der Waals surface area contributed by atoms with Crippen LogP contribution in [0.25, 0.3) is 0 Å². The second-order valence-electron chi connectivity index (χ2n) is 3.82. The van der Waals surface area contributed by atoms with E-state index in [1.54, 1.807) is 0 Å². The Labute approximate surface area is 110 Å². The first-order valence-corrected chi connectivity index (χ1v) is 6.49. The molecule has 1 aliphatic rings. The molecule has 17 heavy (non-hydrogen) atoms. The molecule has 1 aliphatic heterocycles. The molecular formula is C14H21NOS. The van der Waals surface area contributed by atoms with Crippen LogP contribution in [0.15, 0.2) is 46.9 Å². The fraction of sp³-hybridized carbons (Fsp3) is 0.429. The van der Waals surface area contributed by atoms with Crippen LogP contribution in [-0.4, -0.2) is 18.6 Å². The molecule has 0 aromatic heterocycles. The molecule has 0 atom stereocenters. The Morgan fingerprint density at radius 3 is 2.82 bits per heavy atom. The first-order chi connectivity index (χ1) is 8.24. The minimum atomic E-state index is 0.694. The van der Waals surface area contributed by atoms with Gasteiger partial charge in [0.15, 0.2) is 0 Å². The van der Waals surface area contributed by atoms with Gasteiger partial charge >= 0.3 is 0 Å². The SMILES string of the molecule is C\C=C1/C(=C\C=C\CC)OCC/C(=C\S)N1C. The molecule has 0 radical (unpaired) electrons. The topological polar surface area (TPSA) is 12.5 Å². The van der Waals surface area contributed by atoms with Crippen molar-refractivity contribution in [3.05, 3.63) is 46.9 Å². The van der Waals surface area contributed by atoms with Crippen LogP contribution < -0.4 is 0 Å². The van der Waals surface area contributed by atoms with Gasteiger partial charge in [0, 0.05) is 19.2 Å². The number of rotatable bonds is 2. The molecule has 0 N–H and O–H groups in total. The van der Waals surface area contributed by atoms with E-state index in [0.717, 1.165) is 24.3 Å². The Balaban J connectivity index is 2.99. The summed E-state index contributed by atoms with van der Waals surface area (Å²) < 4.78 is 5.78. The average molecular weight is 251 g/mol. The maximum absolute atomic E-state index is 5.78. The van der Waals surface area contributed by atoms with Crippen LogP contribution in [-0.2, 0) is 4.74 Å². The molecule has 0 bridgehead atoms. The summed E-state index contributed by atoms with van der Waals surface area (Å²) in [5, 5.41) is 1.84. The van der Waals surface area contributed by atoms with E-state index in [-0.39, 0.29) is 0 Å². The van der Waals surface area contributed by atoms with Gasteiger partial charge in [-0.2, -0.15) is 0 Å². The number of likely N-dealkylation sites (N-methyl/N-ethyl adjacent to an activating group) is 1. The summed E-state index contributed by atoms with van der Waals surface area (Å²) in [4.78, 5) is 2.13. The fourth-order valence-corrected chi connectivity index (χ4v) is 2.04. The maximum Gasteiger partial charge on any atom is 0.142 e. The predicted octanol–water partition coefficient (Wildman–Crippen LogP) is 3.86. The third-order valence-electron chi connectivity index (χ3n) is 2.70. The summed E-state index contributed by atoms with van der Waals surface area (Å²) in [6, 6.07) is 0. The van der Waals surface area contributed by atoms with Crippen LogP contribution in [0, 0.1) is 0 Å². The third kappa shape index (κ3) is 3.70. The highest BCUT2D eigenvalue weighted by Gasteiger charge is 2.18. The predicted molar refractivity (Wildman–Crippen MR) is 76.7 cm³/mol. The average Bonchev–Trinajstić information content (AvgIpc) is 2.48. The van der Waals surface area contributed by atoms with Crippen molar-refractivity contribution in [2.45, 2.75) is 26.7 Å². The molecule has 1 fully saturated rings. The van der Waals surface area contributed by atoms with E-state index >= 15 is 0 Å². The molecule has 0 aliphatic carbocycles. The molecule has 2 nitrogen and oxygen atoms in total. The molecular weight excluding hydrogens is 230 g/mol. The molecule has 94 valence electrons. The third-order valence-corrected chi connectivity index (χ3v) is 3.00. The van der Waals surface area contributed by atoms with Crippen LogP contribution in [0.2, 0.25) is 0 Å². The van der Waals surface area contributed by atoms with Gasteiger partial charge in [-0.1, -0.05) is 25.2 Å². The van der Waals surface area contributed by atoms with E-state index in [0.29, 0.717) is 6.61 Å².